The third-order valence-corrected chi connectivity index (χ3v) is 3.55. The van der Waals surface area contributed by atoms with Crippen LogP contribution in [0.15, 0.2) is 0 Å². The minimum atomic E-state index is 0.258. The summed E-state index contributed by atoms with van der Waals surface area (Å²) in [5.74, 6) is 0.916. The summed E-state index contributed by atoms with van der Waals surface area (Å²) in [5.41, 5.74) is 0. The Kier molecular flexibility index (Phi) is 4.46. The van der Waals surface area contributed by atoms with E-state index in [-0.39, 0.29) is 5.91 Å². The van der Waals surface area contributed by atoms with E-state index in [1.807, 2.05) is 16.7 Å². The average Bonchev–Trinajstić information content (AvgIpc) is 2.03. The molecule has 1 rings (SSSR count). The molecule has 4 heteroatoms. The van der Waals surface area contributed by atoms with Crippen LogP contribution in [0, 0.1) is 0 Å². The Bertz CT molecular complexity index is 176. The standard InChI is InChI=1S/C9H17NOS2/c1-7-5-10(6-8(2)13-7)9(11)3-4-12/h7-8,12H,3-6H2,1-2H3. The fraction of sp³-hybridized carbons (Fsp3) is 0.889. The average molecular weight is 219 g/mol. The van der Waals surface area contributed by atoms with Crippen molar-refractivity contribution >= 4 is 30.3 Å². The van der Waals surface area contributed by atoms with Gasteiger partial charge in [0.1, 0.15) is 0 Å². The maximum atomic E-state index is 11.6. The minimum absolute atomic E-state index is 0.258. The first-order valence-corrected chi connectivity index (χ1v) is 6.25. The Morgan fingerprint density at radius 1 is 1.46 bits per heavy atom. The highest BCUT2D eigenvalue weighted by Crippen LogP contribution is 2.24. The molecule has 1 amide bonds. The van der Waals surface area contributed by atoms with Gasteiger partial charge in [0.15, 0.2) is 0 Å². The van der Waals surface area contributed by atoms with Crippen LogP contribution in [0.25, 0.3) is 0 Å². The molecule has 0 aromatic carbocycles. The van der Waals surface area contributed by atoms with Gasteiger partial charge in [-0.3, -0.25) is 4.79 Å². The molecule has 1 aliphatic heterocycles. The number of carbonyl (C=O) groups is 1. The van der Waals surface area contributed by atoms with Gasteiger partial charge < -0.3 is 4.90 Å². The molecule has 2 nitrogen and oxygen atoms in total. The van der Waals surface area contributed by atoms with Gasteiger partial charge in [0, 0.05) is 30.0 Å². The van der Waals surface area contributed by atoms with Crippen LogP contribution < -0.4 is 0 Å². The first kappa shape index (κ1) is 11.2. The zero-order valence-electron chi connectivity index (χ0n) is 8.19. The zero-order valence-corrected chi connectivity index (χ0v) is 9.90. The van der Waals surface area contributed by atoms with E-state index in [1.165, 1.54) is 0 Å². The first-order valence-electron chi connectivity index (χ1n) is 4.67. The third-order valence-electron chi connectivity index (χ3n) is 2.10. The second kappa shape index (κ2) is 5.15. The number of hydrogen-bond donors (Lipinski definition) is 1. The van der Waals surface area contributed by atoms with Crippen molar-refractivity contribution in [3.05, 3.63) is 0 Å². The van der Waals surface area contributed by atoms with Gasteiger partial charge in [0.05, 0.1) is 0 Å². The maximum Gasteiger partial charge on any atom is 0.223 e. The number of thioether (sulfide) groups is 1. The van der Waals surface area contributed by atoms with Gasteiger partial charge in [-0.05, 0) is 5.75 Å². The van der Waals surface area contributed by atoms with E-state index in [0.717, 1.165) is 13.1 Å². The van der Waals surface area contributed by atoms with E-state index in [4.69, 9.17) is 0 Å². The van der Waals surface area contributed by atoms with Crippen molar-refractivity contribution in [1.29, 1.82) is 0 Å². The molecular weight excluding hydrogens is 202 g/mol. The Hall–Kier alpha value is 0.170. The molecule has 0 N–H and O–H groups in total. The predicted octanol–water partition coefficient (Wildman–Crippen LogP) is 1.66. The van der Waals surface area contributed by atoms with Crippen molar-refractivity contribution in [1.82, 2.24) is 4.90 Å². The summed E-state index contributed by atoms with van der Waals surface area (Å²) in [5, 5.41) is 1.15. The van der Waals surface area contributed by atoms with Gasteiger partial charge in [0.25, 0.3) is 0 Å². The summed E-state index contributed by atoms with van der Waals surface area (Å²) in [7, 11) is 0. The van der Waals surface area contributed by atoms with Crippen LogP contribution in [0.4, 0.5) is 0 Å². The first-order chi connectivity index (χ1) is 6.13. The number of nitrogens with zero attached hydrogens (tertiary/aromatic N) is 1. The van der Waals surface area contributed by atoms with Gasteiger partial charge in [-0.25, -0.2) is 0 Å². The molecule has 2 unspecified atom stereocenters. The van der Waals surface area contributed by atoms with Crippen molar-refractivity contribution in [3.63, 3.8) is 0 Å². The normalized spacial score (nSPS) is 29.0. The number of amides is 1. The lowest BCUT2D eigenvalue weighted by atomic mass is 10.3. The lowest BCUT2D eigenvalue weighted by Gasteiger charge is -2.34. The maximum absolute atomic E-state index is 11.6. The van der Waals surface area contributed by atoms with E-state index < -0.39 is 0 Å². The van der Waals surface area contributed by atoms with Gasteiger partial charge >= 0.3 is 0 Å². The fourth-order valence-electron chi connectivity index (χ4n) is 1.64. The van der Waals surface area contributed by atoms with Crippen LogP contribution in [0.2, 0.25) is 0 Å². The summed E-state index contributed by atoms with van der Waals surface area (Å²) < 4.78 is 0. The van der Waals surface area contributed by atoms with E-state index in [9.17, 15) is 4.79 Å². The molecule has 1 fully saturated rings. The molecular formula is C9H17NOS2. The molecule has 0 spiro atoms. The predicted molar refractivity (Wildman–Crippen MR) is 61.6 cm³/mol. The van der Waals surface area contributed by atoms with Gasteiger partial charge in [0.2, 0.25) is 5.91 Å². The number of thiol groups is 1. The highest BCUT2D eigenvalue weighted by Gasteiger charge is 2.24. The van der Waals surface area contributed by atoms with E-state index in [0.29, 0.717) is 22.7 Å². The van der Waals surface area contributed by atoms with Crippen LogP contribution in [-0.2, 0) is 4.79 Å². The van der Waals surface area contributed by atoms with Gasteiger partial charge in [-0.15, -0.1) is 0 Å². The summed E-state index contributed by atoms with van der Waals surface area (Å²) in [6.45, 7) is 6.17. The van der Waals surface area contributed by atoms with Crippen LogP contribution in [0.3, 0.4) is 0 Å². The van der Waals surface area contributed by atoms with Crippen molar-refractivity contribution in [2.24, 2.45) is 0 Å². The van der Waals surface area contributed by atoms with Gasteiger partial charge in [-0.2, -0.15) is 24.4 Å². The lowest BCUT2D eigenvalue weighted by Crippen LogP contribution is -2.44. The van der Waals surface area contributed by atoms with Crippen molar-refractivity contribution in [2.45, 2.75) is 30.8 Å². The summed E-state index contributed by atoms with van der Waals surface area (Å²) in [6.07, 6.45) is 0.577. The molecule has 1 aliphatic rings. The lowest BCUT2D eigenvalue weighted by molar-refractivity contribution is -0.130. The Morgan fingerprint density at radius 2 is 2.00 bits per heavy atom. The molecule has 0 saturated carbocycles. The Balaban J connectivity index is 2.45. The largest absolute Gasteiger partial charge is 0.340 e. The topological polar surface area (TPSA) is 20.3 Å². The Morgan fingerprint density at radius 3 is 2.46 bits per heavy atom. The minimum Gasteiger partial charge on any atom is -0.340 e. The second-order valence-electron chi connectivity index (χ2n) is 3.53. The van der Waals surface area contributed by atoms with Crippen molar-refractivity contribution in [2.75, 3.05) is 18.8 Å². The molecule has 0 aromatic heterocycles. The molecule has 0 aliphatic carbocycles. The zero-order chi connectivity index (χ0) is 9.84. The molecule has 13 heavy (non-hydrogen) atoms. The van der Waals surface area contributed by atoms with Crippen molar-refractivity contribution < 1.29 is 4.79 Å². The highest BCUT2D eigenvalue weighted by molar-refractivity contribution is 8.00. The molecule has 2 atom stereocenters. The number of rotatable bonds is 2. The fourth-order valence-corrected chi connectivity index (χ4v) is 3.15. The third kappa shape index (κ3) is 3.43. The monoisotopic (exact) mass is 219 g/mol. The highest BCUT2D eigenvalue weighted by atomic mass is 32.2. The number of carbonyl (C=O) groups excluding carboxylic acids is 1. The molecule has 0 aromatic rings. The van der Waals surface area contributed by atoms with Crippen molar-refractivity contribution in [3.8, 4) is 0 Å². The van der Waals surface area contributed by atoms with E-state index >= 15 is 0 Å². The van der Waals surface area contributed by atoms with Gasteiger partial charge in [-0.1, -0.05) is 13.8 Å². The smallest absolute Gasteiger partial charge is 0.223 e. The van der Waals surface area contributed by atoms with Crippen LogP contribution in [-0.4, -0.2) is 40.1 Å². The quantitative estimate of drug-likeness (QED) is 0.713. The molecule has 1 heterocycles. The summed E-state index contributed by atoms with van der Waals surface area (Å²) in [6, 6.07) is 0. The molecule has 0 bridgehead atoms. The second-order valence-corrected chi connectivity index (χ2v) is 5.86. The summed E-state index contributed by atoms with van der Waals surface area (Å²) in [4.78, 5) is 13.5. The van der Waals surface area contributed by atoms with Crippen LogP contribution in [0.1, 0.15) is 20.3 Å². The van der Waals surface area contributed by atoms with E-state index in [1.54, 1.807) is 0 Å². The molecule has 76 valence electrons. The van der Waals surface area contributed by atoms with Crippen LogP contribution in [0.5, 0.6) is 0 Å². The number of hydrogen-bond acceptors (Lipinski definition) is 3. The Labute approximate surface area is 89.9 Å². The SMILES string of the molecule is CC1CN(C(=O)CCS)CC(C)S1. The summed E-state index contributed by atoms with van der Waals surface area (Å²) >= 11 is 6.04. The molecule has 0 radical (unpaired) electrons. The molecule has 1 saturated heterocycles. The van der Waals surface area contributed by atoms with Crippen LogP contribution >= 0.6 is 24.4 Å². The van der Waals surface area contributed by atoms with E-state index in [2.05, 4.69) is 26.5 Å².